The van der Waals surface area contributed by atoms with Crippen LogP contribution in [0.2, 0.25) is 0 Å². The fraction of sp³-hybridized carbons (Fsp3) is 0.0909. The molecule has 88 valence electrons. The summed E-state index contributed by atoms with van der Waals surface area (Å²) in [6.45, 7) is 1.48. The van der Waals surface area contributed by atoms with E-state index in [1.807, 2.05) is 0 Å². The minimum Gasteiger partial charge on any atom is -0.477 e. The Balaban J connectivity index is 2.77. The lowest BCUT2D eigenvalue weighted by atomic mass is 10.2. The van der Waals surface area contributed by atoms with Gasteiger partial charge in [0.1, 0.15) is 5.56 Å². The molecule has 1 N–H and O–H groups in total. The Bertz CT molecular complexity index is 628. The second-order valence-corrected chi connectivity index (χ2v) is 3.80. The van der Waals surface area contributed by atoms with Gasteiger partial charge in [0.2, 0.25) is 0 Å². The van der Waals surface area contributed by atoms with E-state index in [4.69, 9.17) is 16.9 Å². The largest absolute Gasteiger partial charge is 0.477 e. The van der Waals surface area contributed by atoms with Crippen LogP contribution in [0.1, 0.15) is 16.1 Å². The number of para-hydroxylation sites is 1. The summed E-state index contributed by atoms with van der Waals surface area (Å²) in [5.41, 5.74) is -0.240. The van der Waals surface area contributed by atoms with E-state index in [2.05, 4.69) is 0 Å². The normalized spacial score (nSPS) is 10.5. The van der Waals surface area contributed by atoms with Gasteiger partial charge in [-0.2, -0.15) is 4.20 Å². The second-order valence-electron chi connectivity index (χ2n) is 3.48. The number of rotatable bonds is 2. The molecular weight excluding hydrogens is 244 g/mol. The number of carboxylic acids is 1. The predicted molar refractivity (Wildman–Crippen MR) is 63.0 cm³/mol. The molecule has 0 amide bonds. The van der Waals surface area contributed by atoms with Gasteiger partial charge in [-0.15, -0.1) is 0 Å². The molecule has 1 aromatic carbocycles. The third-order valence-corrected chi connectivity index (χ3v) is 2.84. The number of benzene rings is 1. The lowest BCUT2D eigenvalue weighted by Gasteiger charge is -2.04. The smallest absolute Gasteiger partial charge is 0.343 e. The molecule has 5 nitrogen and oxygen atoms in total. The van der Waals surface area contributed by atoms with Crippen molar-refractivity contribution in [1.82, 2.24) is 8.88 Å². The minimum absolute atomic E-state index is 0.202. The number of aromatic carboxylic acids is 1. The molecule has 1 heterocycles. The standard InChI is InChI=1S/C11H9ClN2O3/c1-7-9(11(16)17)10(15)13(14(7)12)8-5-3-2-4-6-8/h2-6H,1H3,(H,16,17). The van der Waals surface area contributed by atoms with Gasteiger partial charge >= 0.3 is 5.97 Å². The highest BCUT2D eigenvalue weighted by Gasteiger charge is 2.22. The Kier molecular flexibility index (Phi) is 2.77. The molecule has 17 heavy (non-hydrogen) atoms. The fourth-order valence-corrected chi connectivity index (χ4v) is 1.86. The van der Waals surface area contributed by atoms with Crippen molar-refractivity contribution in [3.05, 3.63) is 51.9 Å². The van der Waals surface area contributed by atoms with Gasteiger partial charge in [-0.1, -0.05) is 18.2 Å². The van der Waals surface area contributed by atoms with Gasteiger partial charge in [-0.25, -0.2) is 9.48 Å². The van der Waals surface area contributed by atoms with Crippen molar-refractivity contribution in [3.8, 4) is 5.69 Å². The number of hydrogen-bond donors (Lipinski definition) is 1. The van der Waals surface area contributed by atoms with Crippen molar-refractivity contribution in [2.45, 2.75) is 6.92 Å². The summed E-state index contributed by atoms with van der Waals surface area (Å²) in [6.07, 6.45) is 0. The molecule has 0 saturated carbocycles. The van der Waals surface area contributed by atoms with E-state index >= 15 is 0 Å². The fourth-order valence-electron chi connectivity index (χ4n) is 1.62. The average Bonchev–Trinajstić information content (AvgIpc) is 2.51. The van der Waals surface area contributed by atoms with Crippen molar-refractivity contribution >= 4 is 17.7 Å². The third-order valence-electron chi connectivity index (χ3n) is 2.44. The first-order chi connectivity index (χ1) is 8.04. The molecule has 0 saturated heterocycles. The molecule has 0 bridgehead atoms. The van der Waals surface area contributed by atoms with E-state index in [1.165, 1.54) is 6.92 Å². The number of aromatic nitrogens is 2. The summed E-state index contributed by atoms with van der Waals surface area (Å²) in [4.78, 5) is 22.9. The van der Waals surface area contributed by atoms with Crippen LogP contribution in [0.25, 0.3) is 5.69 Å². The molecular formula is C11H9ClN2O3. The molecule has 0 aliphatic rings. The monoisotopic (exact) mass is 252 g/mol. The first-order valence-corrected chi connectivity index (χ1v) is 5.17. The molecule has 6 heteroatoms. The van der Waals surface area contributed by atoms with Crippen molar-refractivity contribution < 1.29 is 9.90 Å². The first-order valence-electron chi connectivity index (χ1n) is 4.83. The van der Waals surface area contributed by atoms with Gasteiger partial charge in [-0.3, -0.25) is 4.79 Å². The lowest BCUT2D eigenvalue weighted by Crippen LogP contribution is -2.21. The highest BCUT2D eigenvalue weighted by molar-refractivity contribution is 6.15. The Hall–Kier alpha value is -2.01. The van der Waals surface area contributed by atoms with Crippen molar-refractivity contribution in [2.75, 3.05) is 0 Å². The molecule has 0 aliphatic heterocycles. The summed E-state index contributed by atoms with van der Waals surface area (Å²) in [6, 6.07) is 8.61. The van der Waals surface area contributed by atoms with Gasteiger partial charge in [0.25, 0.3) is 5.56 Å². The van der Waals surface area contributed by atoms with Gasteiger partial charge in [0, 0.05) is 11.8 Å². The van der Waals surface area contributed by atoms with Crippen LogP contribution in [0, 0.1) is 6.92 Å². The van der Waals surface area contributed by atoms with Crippen LogP contribution in [-0.2, 0) is 0 Å². The summed E-state index contributed by atoms with van der Waals surface area (Å²) >= 11 is 5.91. The van der Waals surface area contributed by atoms with Crippen LogP contribution in [0.5, 0.6) is 0 Å². The Labute approximate surface area is 102 Å². The first kappa shape index (κ1) is 11.5. The minimum atomic E-state index is -1.28. The van der Waals surface area contributed by atoms with E-state index in [1.54, 1.807) is 30.3 Å². The zero-order chi connectivity index (χ0) is 12.6. The summed E-state index contributed by atoms with van der Waals surface area (Å²) in [7, 11) is 0. The quantitative estimate of drug-likeness (QED) is 0.884. The highest BCUT2D eigenvalue weighted by Crippen LogP contribution is 2.12. The molecule has 2 rings (SSSR count). The van der Waals surface area contributed by atoms with Gasteiger partial charge in [-0.05, 0) is 19.1 Å². The summed E-state index contributed by atoms with van der Waals surface area (Å²) < 4.78 is 2.13. The maximum Gasteiger partial charge on any atom is 0.343 e. The highest BCUT2D eigenvalue weighted by atomic mass is 35.5. The number of carbonyl (C=O) groups is 1. The third kappa shape index (κ3) is 1.74. The van der Waals surface area contributed by atoms with Crippen LogP contribution in [0.15, 0.2) is 35.1 Å². The predicted octanol–water partition coefficient (Wildman–Crippen LogP) is 1.65. The van der Waals surface area contributed by atoms with E-state index in [9.17, 15) is 9.59 Å². The molecule has 2 aromatic rings. The van der Waals surface area contributed by atoms with Crippen LogP contribution in [0.3, 0.4) is 0 Å². The van der Waals surface area contributed by atoms with Crippen LogP contribution in [-0.4, -0.2) is 20.0 Å². The average molecular weight is 253 g/mol. The Morgan fingerprint density at radius 3 is 2.35 bits per heavy atom. The Morgan fingerprint density at radius 1 is 1.29 bits per heavy atom. The zero-order valence-corrected chi connectivity index (χ0v) is 9.68. The van der Waals surface area contributed by atoms with Crippen molar-refractivity contribution in [3.63, 3.8) is 0 Å². The van der Waals surface area contributed by atoms with Crippen molar-refractivity contribution in [1.29, 1.82) is 0 Å². The number of hydrogen-bond acceptors (Lipinski definition) is 2. The van der Waals surface area contributed by atoms with E-state index in [0.717, 1.165) is 8.88 Å². The second kappa shape index (κ2) is 4.10. The molecule has 0 aliphatic carbocycles. The molecule has 0 radical (unpaired) electrons. The van der Waals surface area contributed by atoms with Crippen molar-refractivity contribution in [2.24, 2.45) is 0 Å². The topological polar surface area (TPSA) is 64.2 Å². The maximum atomic E-state index is 11.9. The molecule has 1 aromatic heterocycles. The molecule has 0 spiro atoms. The molecule has 0 unspecified atom stereocenters. The number of halogens is 1. The van der Waals surface area contributed by atoms with Crippen LogP contribution < -0.4 is 5.56 Å². The SMILES string of the molecule is Cc1c(C(=O)O)c(=O)n(-c2ccccc2)n1Cl. The van der Waals surface area contributed by atoms with E-state index < -0.39 is 11.5 Å². The molecule has 0 atom stereocenters. The number of carboxylic acid groups (broad SMARTS) is 1. The number of nitrogens with zero attached hydrogens (tertiary/aromatic N) is 2. The van der Waals surface area contributed by atoms with Crippen LogP contribution >= 0.6 is 11.8 Å². The van der Waals surface area contributed by atoms with Gasteiger partial charge < -0.3 is 5.11 Å². The summed E-state index contributed by atoms with van der Waals surface area (Å²) in [5.74, 6) is -1.28. The van der Waals surface area contributed by atoms with Gasteiger partial charge in [0.15, 0.2) is 0 Å². The Morgan fingerprint density at radius 2 is 1.88 bits per heavy atom. The van der Waals surface area contributed by atoms with E-state index in [0.29, 0.717) is 5.69 Å². The molecule has 0 fully saturated rings. The van der Waals surface area contributed by atoms with E-state index in [-0.39, 0.29) is 11.3 Å². The van der Waals surface area contributed by atoms with Gasteiger partial charge in [0.05, 0.1) is 11.4 Å². The lowest BCUT2D eigenvalue weighted by molar-refractivity contribution is 0.0694. The summed E-state index contributed by atoms with van der Waals surface area (Å²) in [5, 5.41) is 8.95. The maximum absolute atomic E-state index is 11.9. The zero-order valence-electron chi connectivity index (χ0n) is 8.92. The van der Waals surface area contributed by atoms with Crippen LogP contribution in [0.4, 0.5) is 0 Å².